The molecule has 7 N–H and O–H groups in total. The number of carbonyl (C=O) groups is 1. The SMILES string of the molecule is CNC(=O)COc1cc[c-]c(-c2cc(C(CN)c3ccccc3)cc(F)c2Cl)c1F.NC1CCCCC1.[NH2-].[Y]. The predicted molar refractivity (Wildman–Crippen MR) is 149 cm³/mol. The summed E-state index contributed by atoms with van der Waals surface area (Å²) in [5.41, 5.74) is 13.1. The number of nitrogens with one attached hydrogen (secondary N) is 1. The third-order valence-corrected chi connectivity index (χ3v) is 6.73. The Morgan fingerprint density at radius 2 is 1.79 bits per heavy atom. The van der Waals surface area contributed by atoms with Crippen LogP contribution in [0, 0.1) is 17.7 Å². The van der Waals surface area contributed by atoms with Gasteiger partial charge in [0.2, 0.25) is 0 Å². The Kier molecular flexibility index (Phi) is 15.9. The molecular formula is C29H35ClF2N4O2Y-2. The van der Waals surface area contributed by atoms with Crippen LogP contribution in [0.3, 0.4) is 0 Å². The number of halogens is 3. The first-order valence-corrected chi connectivity index (χ1v) is 12.8. The molecule has 3 aromatic rings. The summed E-state index contributed by atoms with van der Waals surface area (Å²) in [6.07, 6.45) is 6.66. The molecule has 3 aromatic carbocycles. The Hall–Kier alpha value is -1.94. The molecular weight excluding hydrogens is 599 g/mol. The van der Waals surface area contributed by atoms with Crippen molar-refractivity contribution in [1.82, 2.24) is 5.32 Å². The number of likely N-dealkylation sites (N-methyl/N-ethyl adjacent to an activating group) is 1. The Morgan fingerprint density at radius 3 is 2.36 bits per heavy atom. The Labute approximate surface area is 259 Å². The number of hydrogen-bond acceptors (Lipinski definition) is 4. The summed E-state index contributed by atoms with van der Waals surface area (Å²) in [7, 11) is 1.45. The number of hydrogen-bond donors (Lipinski definition) is 3. The van der Waals surface area contributed by atoms with Gasteiger partial charge in [0.25, 0.3) is 5.91 Å². The van der Waals surface area contributed by atoms with Crippen LogP contribution in [0.2, 0.25) is 5.02 Å². The zero-order chi connectivity index (χ0) is 26.8. The zero-order valence-electron chi connectivity index (χ0n) is 22.1. The number of carbonyl (C=O) groups excluding carboxylic acids is 1. The molecule has 1 aliphatic carbocycles. The molecule has 209 valence electrons. The van der Waals surface area contributed by atoms with Crippen molar-refractivity contribution in [3.8, 4) is 16.9 Å². The maximum absolute atomic E-state index is 15.1. The summed E-state index contributed by atoms with van der Waals surface area (Å²) in [6, 6.07) is 18.4. The largest absolute Gasteiger partial charge is 0.693 e. The van der Waals surface area contributed by atoms with Crippen LogP contribution in [0.1, 0.15) is 49.1 Å². The van der Waals surface area contributed by atoms with Gasteiger partial charge in [-0.25, -0.2) is 4.39 Å². The summed E-state index contributed by atoms with van der Waals surface area (Å²) in [6.45, 7) is -0.131. The van der Waals surface area contributed by atoms with Crippen LogP contribution in [-0.4, -0.2) is 32.1 Å². The van der Waals surface area contributed by atoms with Crippen molar-refractivity contribution in [2.45, 2.75) is 44.1 Å². The van der Waals surface area contributed by atoms with Gasteiger partial charge in [-0.3, -0.25) is 9.18 Å². The maximum atomic E-state index is 15.1. The Bertz CT molecular complexity index is 1180. The van der Waals surface area contributed by atoms with Crippen LogP contribution >= 0.6 is 11.6 Å². The van der Waals surface area contributed by atoms with Crippen LogP contribution in [-0.2, 0) is 37.5 Å². The van der Waals surface area contributed by atoms with E-state index < -0.39 is 17.5 Å². The van der Waals surface area contributed by atoms with Crippen LogP contribution in [0.4, 0.5) is 8.78 Å². The van der Waals surface area contributed by atoms with E-state index in [1.54, 1.807) is 6.07 Å². The smallest absolute Gasteiger partial charge is 0.257 e. The molecule has 10 heteroatoms. The van der Waals surface area contributed by atoms with Crippen molar-refractivity contribution in [1.29, 1.82) is 0 Å². The van der Waals surface area contributed by atoms with Gasteiger partial charge in [0.05, 0.1) is 11.6 Å². The van der Waals surface area contributed by atoms with E-state index >= 15 is 4.39 Å². The first-order chi connectivity index (χ1) is 17.8. The molecule has 0 aromatic heterocycles. The third kappa shape index (κ3) is 9.89. The number of ether oxygens (including phenoxy) is 1. The van der Waals surface area contributed by atoms with Gasteiger partial charge < -0.3 is 27.7 Å². The van der Waals surface area contributed by atoms with E-state index in [2.05, 4.69) is 11.4 Å². The molecule has 0 bridgehead atoms. The third-order valence-electron chi connectivity index (χ3n) is 6.35. The van der Waals surface area contributed by atoms with Crippen molar-refractivity contribution in [2.75, 3.05) is 20.2 Å². The van der Waals surface area contributed by atoms with Crippen LogP contribution in [0.5, 0.6) is 5.75 Å². The Balaban J connectivity index is 0.000000736. The second-order valence-corrected chi connectivity index (χ2v) is 9.33. The Morgan fingerprint density at radius 1 is 1.13 bits per heavy atom. The first-order valence-electron chi connectivity index (χ1n) is 12.4. The fourth-order valence-electron chi connectivity index (χ4n) is 4.26. The van der Waals surface area contributed by atoms with Gasteiger partial charge in [0, 0.05) is 63.3 Å². The van der Waals surface area contributed by atoms with Crippen molar-refractivity contribution >= 4 is 17.5 Å². The van der Waals surface area contributed by atoms with Crippen molar-refractivity contribution in [3.05, 3.63) is 94.6 Å². The summed E-state index contributed by atoms with van der Waals surface area (Å²) >= 11 is 6.17. The normalized spacial score (nSPS) is 13.6. The molecule has 0 spiro atoms. The molecule has 0 heterocycles. The predicted octanol–water partition coefficient (Wildman–Crippen LogP) is 6.29. The van der Waals surface area contributed by atoms with Gasteiger partial charge >= 0.3 is 0 Å². The van der Waals surface area contributed by atoms with Gasteiger partial charge in [0.1, 0.15) is 5.82 Å². The fourth-order valence-corrected chi connectivity index (χ4v) is 4.46. The summed E-state index contributed by atoms with van der Waals surface area (Å²) < 4.78 is 35.0. The number of rotatable bonds is 7. The molecule has 0 aliphatic heterocycles. The first kappa shape index (κ1) is 35.1. The standard InChI is InChI=1S/C23H20ClF2N2O2.C6H13N.H2N.Y/c1-28-21(29)13-30-20-9-5-8-16(23(20)26)17-10-15(11-19(25)22(17)24)18(12-27)14-6-3-2-4-7-14;7-6-4-2-1-3-5-6;;/h2-7,9-11,18H,12-13,27H2,1H3,(H,28,29);6H,1-5,7H2;1H2;/q-1;;-1;. The second-order valence-electron chi connectivity index (χ2n) is 8.95. The minimum Gasteiger partial charge on any atom is -0.693 e. The number of nitrogens with two attached hydrogens (primary N) is 3. The van der Waals surface area contributed by atoms with E-state index in [9.17, 15) is 9.18 Å². The molecule has 6 nitrogen and oxygen atoms in total. The summed E-state index contributed by atoms with van der Waals surface area (Å²) in [4.78, 5) is 11.4. The van der Waals surface area contributed by atoms with Crippen molar-refractivity contribution in [3.63, 3.8) is 0 Å². The molecule has 39 heavy (non-hydrogen) atoms. The minimum atomic E-state index is -0.788. The second kappa shape index (κ2) is 17.7. The molecule has 1 radical (unpaired) electrons. The van der Waals surface area contributed by atoms with E-state index in [0.717, 1.165) is 5.56 Å². The van der Waals surface area contributed by atoms with Crippen LogP contribution in [0.15, 0.2) is 54.6 Å². The van der Waals surface area contributed by atoms with E-state index in [1.807, 2.05) is 30.3 Å². The molecule has 1 unspecified atom stereocenters. The van der Waals surface area contributed by atoms with Gasteiger partial charge in [-0.2, -0.15) is 0 Å². The number of benzene rings is 3. The average molecular weight is 634 g/mol. The van der Waals surface area contributed by atoms with Gasteiger partial charge in [0.15, 0.2) is 6.61 Å². The number of amides is 1. The van der Waals surface area contributed by atoms with Gasteiger partial charge in [-0.1, -0.05) is 78.9 Å². The molecule has 1 saturated carbocycles. The van der Waals surface area contributed by atoms with Crippen LogP contribution in [0.25, 0.3) is 17.3 Å². The topological polar surface area (TPSA) is 124 Å². The quantitative estimate of drug-likeness (QED) is 0.265. The average Bonchev–Trinajstić information content (AvgIpc) is 2.92. The van der Waals surface area contributed by atoms with E-state index in [4.69, 9.17) is 27.8 Å². The fraction of sp³-hybridized carbons (Fsp3) is 0.345. The van der Waals surface area contributed by atoms with Gasteiger partial charge in [-0.15, -0.1) is 17.7 Å². The summed E-state index contributed by atoms with van der Waals surface area (Å²) in [5.74, 6) is -2.35. The van der Waals surface area contributed by atoms with E-state index in [-0.39, 0.29) is 79.8 Å². The molecule has 1 amide bonds. The molecule has 1 fully saturated rings. The molecule has 4 rings (SSSR count). The zero-order valence-corrected chi connectivity index (χ0v) is 25.7. The van der Waals surface area contributed by atoms with Gasteiger partial charge in [-0.05, 0) is 30.0 Å². The minimum absolute atomic E-state index is 0. The van der Waals surface area contributed by atoms with Crippen LogP contribution < -0.4 is 21.5 Å². The van der Waals surface area contributed by atoms with E-state index in [0.29, 0.717) is 11.6 Å². The molecule has 1 atom stereocenters. The monoisotopic (exact) mass is 633 g/mol. The van der Waals surface area contributed by atoms with E-state index in [1.165, 1.54) is 57.4 Å². The molecule has 1 aliphatic rings. The molecule has 0 saturated heterocycles. The summed E-state index contributed by atoms with van der Waals surface area (Å²) in [5, 5.41) is 2.15. The van der Waals surface area contributed by atoms with Crippen molar-refractivity contribution < 1.29 is 51.0 Å². The maximum Gasteiger partial charge on any atom is 0.257 e. The van der Waals surface area contributed by atoms with Crippen molar-refractivity contribution in [2.24, 2.45) is 11.5 Å².